The van der Waals surface area contributed by atoms with E-state index in [2.05, 4.69) is 0 Å². The third-order valence-electron chi connectivity index (χ3n) is 4.17. The van der Waals surface area contributed by atoms with Crippen LogP contribution in [0.4, 0.5) is 5.69 Å². The lowest BCUT2D eigenvalue weighted by Crippen LogP contribution is -2.41. The Morgan fingerprint density at radius 1 is 1.42 bits per heavy atom. The summed E-state index contributed by atoms with van der Waals surface area (Å²) >= 11 is 0. The zero-order valence-corrected chi connectivity index (χ0v) is 11.0. The van der Waals surface area contributed by atoms with E-state index in [0.29, 0.717) is 12.0 Å². The van der Waals surface area contributed by atoms with E-state index in [0.717, 1.165) is 29.8 Å². The van der Waals surface area contributed by atoms with E-state index < -0.39 is 0 Å². The normalized spacial score (nSPS) is 27.3. The van der Waals surface area contributed by atoms with E-state index in [1.165, 1.54) is 0 Å². The Bertz CT molecular complexity index is 511. The van der Waals surface area contributed by atoms with Crippen molar-refractivity contribution < 1.29 is 9.53 Å². The molecule has 0 spiro atoms. The van der Waals surface area contributed by atoms with Gasteiger partial charge in [0.1, 0.15) is 5.75 Å². The zero-order valence-electron chi connectivity index (χ0n) is 11.0. The van der Waals surface area contributed by atoms with E-state index in [1.807, 2.05) is 18.2 Å². The van der Waals surface area contributed by atoms with Crippen LogP contribution in [0.25, 0.3) is 0 Å². The van der Waals surface area contributed by atoms with E-state index in [4.69, 9.17) is 16.2 Å². The van der Waals surface area contributed by atoms with Gasteiger partial charge in [-0.1, -0.05) is 6.07 Å². The predicted molar refractivity (Wildman–Crippen MR) is 73.0 cm³/mol. The third kappa shape index (κ3) is 2.09. The highest BCUT2D eigenvalue weighted by Gasteiger charge is 2.32. The van der Waals surface area contributed by atoms with Gasteiger partial charge in [-0.3, -0.25) is 4.79 Å². The van der Waals surface area contributed by atoms with Crippen LogP contribution >= 0.6 is 0 Å². The summed E-state index contributed by atoms with van der Waals surface area (Å²) in [6.45, 7) is 0.104. The number of nitrogens with zero attached hydrogens (tertiary/aromatic N) is 1. The molecule has 0 aromatic heterocycles. The van der Waals surface area contributed by atoms with E-state index >= 15 is 0 Å². The van der Waals surface area contributed by atoms with Crippen LogP contribution in [-0.2, 0) is 4.79 Å². The molecule has 102 valence electrons. The fourth-order valence-corrected chi connectivity index (χ4v) is 2.77. The number of rotatable bonds is 2. The monoisotopic (exact) mass is 261 g/mol. The predicted octanol–water partition coefficient (Wildman–Crippen LogP) is 0.779. The average Bonchev–Trinajstić information content (AvgIpc) is 2.38. The number of carbonyl (C=O) groups is 1. The van der Waals surface area contributed by atoms with Crippen molar-refractivity contribution in [2.45, 2.75) is 24.9 Å². The number of amides is 1. The highest BCUT2D eigenvalue weighted by atomic mass is 16.5. The van der Waals surface area contributed by atoms with Gasteiger partial charge in [0.2, 0.25) is 0 Å². The molecule has 1 saturated carbocycles. The van der Waals surface area contributed by atoms with Crippen LogP contribution in [0.2, 0.25) is 0 Å². The Morgan fingerprint density at radius 2 is 2.16 bits per heavy atom. The van der Waals surface area contributed by atoms with Crippen LogP contribution in [0.3, 0.4) is 0 Å². The lowest BCUT2D eigenvalue weighted by molar-refractivity contribution is -0.120. The lowest BCUT2D eigenvalue weighted by atomic mass is 9.74. The Morgan fingerprint density at radius 3 is 2.84 bits per heavy atom. The number of anilines is 1. The molecule has 5 nitrogen and oxygen atoms in total. The summed E-state index contributed by atoms with van der Waals surface area (Å²) in [4.78, 5) is 13.3. The van der Waals surface area contributed by atoms with Gasteiger partial charge < -0.3 is 21.1 Å². The first-order chi connectivity index (χ1) is 9.06. The maximum absolute atomic E-state index is 11.6. The molecular weight excluding hydrogens is 242 g/mol. The minimum Gasteiger partial charge on any atom is -0.482 e. The van der Waals surface area contributed by atoms with Gasteiger partial charge in [0.15, 0.2) is 6.61 Å². The summed E-state index contributed by atoms with van der Waals surface area (Å²) in [5, 5.41) is 0. The molecule has 1 aromatic rings. The Balaban J connectivity index is 1.86. The second kappa shape index (κ2) is 4.51. The van der Waals surface area contributed by atoms with Gasteiger partial charge in [-0.2, -0.15) is 0 Å². The van der Waals surface area contributed by atoms with Gasteiger partial charge in [0.05, 0.1) is 5.69 Å². The first-order valence-electron chi connectivity index (χ1n) is 6.60. The molecular formula is C14H19N3O2. The maximum atomic E-state index is 11.6. The molecule has 1 unspecified atom stereocenters. The van der Waals surface area contributed by atoms with Gasteiger partial charge >= 0.3 is 0 Å². The molecule has 1 heterocycles. The lowest BCUT2D eigenvalue weighted by Gasteiger charge is -2.37. The van der Waals surface area contributed by atoms with Crippen LogP contribution in [0.1, 0.15) is 24.4 Å². The molecule has 1 atom stereocenters. The van der Waals surface area contributed by atoms with E-state index in [-0.39, 0.29) is 18.6 Å². The van der Waals surface area contributed by atoms with Crippen molar-refractivity contribution in [1.29, 1.82) is 0 Å². The SMILES string of the molecule is CN1C(=O)COc2ccc(C(N)C3CC(N)C3)cc21. The number of likely N-dealkylation sites (N-methyl/N-ethyl adjacent to an activating group) is 1. The van der Waals surface area contributed by atoms with Crippen molar-refractivity contribution in [3.8, 4) is 5.75 Å². The first-order valence-corrected chi connectivity index (χ1v) is 6.60. The van der Waals surface area contributed by atoms with Crippen molar-refractivity contribution in [1.82, 2.24) is 0 Å². The number of hydrogen-bond donors (Lipinski definition) is 2. The van der Waals surface area contributed by atoms with Gasteiger partial charge in [-0.25, -0.2) is 0 Å². The van der Waals surface area contributed by atoms with Crippen LogP contribution in [0.5, 0.6) is 5.75 Å². The topological polar surface area (TPSA) is 81.6 Å². The van der Waals surface area contributed by atoms with Gasteiger partial charge in [-0.15, -0.1) is 0 Å². The van der Waals surface area contributed by atoms with Crippen molar-refractivity contribution in [2.75, 3.05) is 18.6 Å². The van der Waals surface area contributed by atoms with Crippen LogP contribution in [-0.4, -0.2) is 25.6 Å². The molecule has 2 aliphatic rings. The highest BCUT2D eigenvalue weighted by molar-refractivity contribution is 5.97. The highest BCUT2D eigenvalue weighted by Crippen LogP contribution is 2.39. The average molecular weight is 261 g/mol. The number of carbonyl (C=O) groups excluding carboxylic acids is 1. The molecule has 19 heavy (non-hydrogen) atoms. The molecule has 0 radical (unpaired) electrons. The van der Waals surface area contributed by atoms with Gasteiger partial charge in [0.25, 0.3) is 5.91 Å². The van der Waals surface area contributed by atoms with Gasteiger partial charge in [0, 0.05) is 19.1 Å². The van der Waals surface area contributed by atoms with Crippen LogP contribution in [0.15, 0.2) is 18.2 Å². The second-order valence-electron chi connectivity index (χ2n) is 5.49. The molecule has 1 amide bonds. The zero-order chi connectivity index (χ0) is 13.6. The Kier molecular flexibility index (Phi) is 2.95. The van der Waals surface area contributed by atoms with Gasteiger partial charge in [-0.05, 0) is 36.5 Å². The Hall–Kier alpha value is -1.59. The summed E-state index contributed by atoms with van der Waals surface area (Å²) in [7, 11) is 1.76. The standard InChI is InChI=1S/C14H19N3O2/c1-17-11-6-8(14(16)9-4-10(15)5-9)2-3-12(11)19-7-13(17)18/h2-3,6,9-10,14H,4-5,7,15-16H2,1H3. The quantitative estimate of drug-likeness (QED) is 0.824. The molecule has 4 N–H and O–H groups in total. The number of benzene rings is 1. The van der Waals surface area contributed by atoms with E-state index in [9.17, 15) is 4.79 Å². The fraction of sp³-hybridized carbons (Fsp3) is 0.500. The molecule has 0 saturated heterocycles. The summed E-state index contributed by atoms with van der Waals surface area (Å²) < 4.78 is 5.41. The number of fused-ring (bicyclic) bond motifs is 1. The molecule has 0 bridgehead atoms. The smallest absolute Gasteiger partial charge is 0.264 e. The van der Waals surface area contributed by atoms with Crippen molar-refractivity contribution in [2.24, 2.45) is 17.4 Å². The first kappa shape index (κ1) is 12.4. The maximum Gasteiger partial charge on any atom is 0.264 e. The molecule has 1 aliphatic heterocycles. The molecule has 1 fully saturated rings. The molecule has 5 heteroatoms. The summed E-state index contributed by atoms with van der Waals surface area (Å²) in [6, 6.07) is 6.11. The fourth-order valence-electron chi connectivity index (χ4n) is 2.77. The second-order valence-corrected chi connectivity index (χ2v) is 5.49. The Labute approximate surface area is 112 Å². The summed E-state index contributed by atoms with van der Waals surface area (Å²) in [5.41, 5.74) is 13.9. The van der Waals surface area contributed by atoms with Crippen molar-refractivity contribution in [3.63, 3.8) is 0 Å². The molecule has 3 rings (SSSR count). The minimum absolute atomic E-state index is 0.0180. The number of nitrogens with two attached hydrogens (primary N) is 2. The van der Waals surface area contributed by atoms with Crippen molar-refractivity contribution in [3.05, 3.63) is 23.8 Å². The summed E-state index contributed by atoms with van der Waals surface area (Å²) in [5.74, 6) is 1.14. The molecule has 1 aliphatic carbocycles. The van der Waals surface area contributed by atoms with E-state index in [1.54, 1.807) is 11.9 Å². The number of hydrogen-bond acceptors (Lipinski definition) is 4. The van der Waals surface area contributed by atoms with Crippen LogP contribution < -0.4 is 21.1 Å². The summed E-state index contributed by atoms with van der Waals surface area (Å²) in [6.07, 6.45) is 1.95. The van der Waals surface area contributed by atoms with Crippen molar-refractivity contribution >= 4 is 11.6 Å². The largest absolute Gasteiger partial charge is 0.482 e. The van der Waals surface area contributed by atoms with Crippen LogP contribution in [0, 0.1) is 5.92 Å². The minimum atomic E-state index is -0.0381. The number of ether oxygens (including phenoxy) is 1. The molecule has 1 aromatic carbocycles. The third-order valence-corrected chi connectivity index (χ3v) is 4.17.